The lowest BCUT2D eigenvalue weighted by atomic mass is 10.1. The summed E-state index contributed by atoms with van der Waals surface area (Å²) in [5, 5.41) is 6.27. The van der Waals surface area contributed by atoms with E-state index in [2.05, 4.69) is 29.0 Å². The van der Waals surface area contributed by atoms with Crippen molar-refractivity contribution in [3.63, 3.8) is 0 Å². The zero-order chi connectivity index (χ0) is 11.3. The predicted molar refractivity (Wildman–Crippen MR) is 57.4 cm³/mol. The molecular formula is C10H18N4O. The third-order valence-corrected chi connectivity index (χ3v) is 2.52. The van der Waals surface area contributed by atoms with Crippen molar-refractivity contribution in [2.24, 2.45) is 5.92 Å². The van der Waals surface area contributed by atoms with E-state index in [-0.39, 0.29) is 5.91 Å². The molecular weight excluding hydrogens is 192 g/mol. The molecule has 15 heavy (non-hydrogen) atoms. The first-order valence-electron chi connectivity index (χ1n) is 5.33. The third kappa shape index (κ3) is 3.04. The number of H-pyrrole nitrogens is 1. The van der Waals surface area contributed by atoms with Crippen LogP contribution >= 0.6 is 0 Å². The van der Waals surface area contributed by atoms with Crippen LogP contribution in [0.2, 0.25) is 0 Å². The molecule has 1 heterocycles. The van der Waals surface area contributed by atoms with E-state index in [1.807, 2.05) is 6.92 Å². The average molecular weight is 210 g/mol. The van der Waals surface area contributed by atoms with E-state index in [4.69, 9.17) is 0 Å². The number of hydrogen-bond donors (Lipinski definition) is 1. The molecule has 1 N–H and O–H groups in total. The van der Waals surface area contributed by atoms with Crippen LogP contribution in [0.3, 0.4) is 0 Å². The average Bonchev–Trinajstić information content (AvgIpc) is 2.77. The minimum Gasteiger partial charge on any atom is -0.336 e. The monoisotopic (exact) mass is 210 g/mol. The Morgan fingerprint density at radius 3 is 2.80 bits per heavy atom. The maximum Gasteiger partial charge on any atom is 0.291 e. The number of amides is 1. The summed E-state index contributed by atoms with van der Waals surface area (Å²) in [6, 6.07) is 0. The van der Waals surface area contributed by atoms with Gasteiger partial charge in [0.05, 0.1) is 0 Å². The number of carbonyl (C=O) groups excluding carboxylic acids is 1. The topological polar surface area (TPSA) is 61.9 Å². The molecule has 5 nitrogen and oxygen atoms in total. The van der Waals surface area contributed by atoms with Crippen LogP contribution in [0.25, 0.3) is 0 Å². The summed E-state index contributed by atoms with van der Waals surface area (Å²) in [6.45, 7) is 7.70. The minimum absolute atomic E-state index is 0.0738. The molecule has 0 aliphatic heterocycles. The van der Waals surface area contributed by atoms with Gasteiger partial charge in [-0.05, 0) is 12.8 Å². The molecule has 0 bridgehead atoms. The van der Waals surface area contributed by atoms with Crippen LogP contribution in [0.1, 0.15) is 37.8 Å². The second-order valence-corrected chi connectivity index (χ2v) is 3.69. The molecule has 1 aromatic rings. The number of carbonyl (C=O) groups is 1. The summed E-state index contributed by atoms with van der Waals surface area (Å²) >= 11 is 0. The van der Waals surface area contributed by atoms with Crippen molar-refractivity contribution in [2.45, 2.75) is 27.2 Å². The van der Waals surface area contributed by atoms with Crippen LogP contribution in [0.5, 0.6) is 0 Å². The summed E-state index contributed by atoms with van der Waals surface area (Å²) in [7, 11) is 0. The van der Waals surface area contributed by atoms with Crippen molar-refractivity contribution >= 4 is 5.91 Å². The molecule has 0 spiro atoms. The maximum atomic E-state index is 11.9. The number of nitrogens with one attached hydrogen (secondary N) is 1. The van der Waals surface area contributed by atoms with Crippen LogP contribution in [-0.2, 0) is 0 Å². The zero-order valence-corrected chi connectivity index (χ0v) is 9.53. The fourth-order valence-electron chi connectivity index (χ4n) is 1.32. The van der Waals surface area contributed by atoms with Gasteiger partial charge >= 0.3 is 0 Å². The maximum absolute atomic E-state index is 11.9. The van der Waals surface area contributed by atoms with Crippen molar-refractivity contribution in [1.29, 1.82) is 0 Å². The van der Waals surface area contributed by atoms with Crippen molar-refractivity contribution in [3.8, 4) is 0 Å². The van der Waals surface area contributed by atoms with E-state index in [0.717, 1.165) is 13.0 Å². The molecule has 0 radical (unpaired) electrons. The summed E-state index contributed by atoms with van der Waals surface area (Å²) in [4.78, 5) is 17.5. The van der Waals surface area contributed by atoms with Crippen molar-refractivity contribution < 1.29 is 4.79 Å². The Kier molecular flexibility index (Phi) is 4.27. The van der Waals surface area contributed by atoms with E-state index < -0.39 is 0 Å². The fourth-order valence-corrected chi connectivity index (χ4v) is 1.32. The van der Waals surface area contributed by atoms with Crippen LogP contribution < -0.4 is 0 Å². The first-order valence-corrected chi connectivity index (χ1v) is 5.33. The molecule has 1 aromatic heterocycles. The van der Waals surface area contributed by atoms with E-state index in [0.29, 0.717) is 18.3 Å². The summed E-state index contributed by atoms with van der Waals surface area (Å²) in [5.74, 6) is 0.757. The predicted octanol–water partition coefficient (Wildman–Crippen LogP) is 1.31. The Balaban J connectivity index is 2.63. The Hall–Kier alpha value is -1.39. The number of rotatable bonds is 5. The molecule has 84 valence electrons. The Morgan fingerprint density at radius 1 is 1.60 bits per heavy atom. The molecule has 0 aliphatic rings. The molecule has 5 heteroatoms. The van der Waals surface area contributed by atoms with Gasteiger partial charge in [-0.2, -0.15) is 5.10 Å². The highest BCUT2D eigenvalue weighted by molar-refractivity contribution is 5.90. The SMILES string of the molecule is CCC(C)CN(CC)C(=O)c1ncn[nH]1. The lowest BCUT2D eigenvalue weighted by Gasteiger charge is -2.22. The number of hydrogen-bond acceptors (Lipinski definition) is 3. The summed E-state index contributed by atoms with van der Waals surface area (Å²) in [5.41, 5.74) is 0. The zero-order valence-electron chi connectivity index (χ0n) is 9.53. The Bertz CT molecular complexity index is 296. The van der Waals surface area contributed by atoms with Crippen molar-refractivity contribution in [3.05, 3.63) is 12.2 Å². The Morgan fingerprint density at radius 2 is 2.33 bits per heavy atom. The molecule has 1 atom stereocenters. The second-order valence-electron chi connectivity index (χ2n) is 3.69. The number of aromatic nitrogens is 3. The fraction of sp³-hybridized carbons (Fsp3) is 0.700. The molecule has 0 aliphatic carbocycles. The quantitative estimate of drug-likeness (QED) is 0.797. The largest absolute Gasteiger partial charge is 0.336 e. The molecule has 1 rings (SSSR count). The first-order chi connectivity index (χ1) is 7.19. The first kappa shape index (κ1) is 11.7. The summed E-state index contributed by atoms with van der Waals surface area (Å²) in [6.07, 6.45) is 2.42. The van der Waals surface area contributed by atoms with Gasteiger partial charge in [-0.15, -0.1) is 0 Å². The van der Waals surface area contributed by atoms with E-state index >= 15 is 0 Å². The van der Waals surface area contributed by atoms with Gasteiger partial charge in [0.25, 0.3) is 5.91 Å². The van der Waals surface area contributed by atoms with Crippen LogP contribution in [0, 0.1) is 5.92 Å². The van der Waals surface area contributed by atoms with Crippen LogP contribution in [-0.4, -0.2) is 39.1 Å². The lowest BCUT2D eigenvalue weighted by molar-refractivity contribution is 0.0729. The van der Waals surface area contributed by atoms with Crippen LogP contribution in [0.4, 0.5) is 0 Å². The minimum atomic E-state index is -0.0738. The molecule has 1 amide bonds. The molecule has 0 saturated heterocycles. The number of aromatic amines is 1. The third-order valence-electron chi connectivity index (χ3n) is 2.52. The van der Waals surface area contributed by atoms with Crippen molar-refractivity contribution in [2.75, 3.05) is 13.1 Å². The van der Waals surface area contributed by atoms with Gasteiger partial charge in [-0.25, -0.2) is 4.98 Å². The highest BCUT2D eigenvalue weighted by atomic mass is 16.2. The van der Waals surface area contributed by atoms with E-state index in [1.165, 1.54) is 6.33 Å². The molecule has 0 aromatic carbocycles. The van der Waals surface area contributed by atoms with Gasteiger partial charge in [0.2, 0.25) is 5.82 Å². The van der Waals surface area contributed by atoms with Gasteiger partial charge in [-0.3, -0.25) is 9.89 Å². The van der Waals surface area contributed by atoms with E-state index in [1.54, 1.807) is 4.90 Å². The summed E-state index contributed by atoms with van der Waals surface area (Å²) < 4.78 is 0. The highest BCUT2D eigenvalue weighted by Gasteiger charge is 2.18. The van der Waals surface area contributed by atoms with Gasteiger partial charge in [0.1, 0.15) is 6.33 Å². The second kappa shape index (κ2) is 5.48. The van der Waals surface area contributed by atoms with Crippen molar-refractivity contribution in [1.82, 2.24) is 20.1 Å². The molecule has 1 unspecified atom stereocenters. The van der Waals surface area contributed by atoms with E-state index in [9.17, 15) is 4.79 Å². The van der Waals surface area contributed by atoms with Crippen LogP contribution in [0.15, 0.2) is 6.33 Å². The van der Waals surface area contributed by atoms with Gasteiger partial charge < -0.3 is 4.90 Å². The molecule has 0 saturated carbocycles. The smallest absolute Gasteiger partial charge is 0.291 e. The lowest BCUT2D eigenvalue weighted by Crippen LogP contribution is -2.35. The van der Waals surface area contributed by atoms with Gasteiger partial charge in [-0.1, -0.05) is 20.3 Å². The highest BCUT2D eigenvalue weighted by Crippen LogP contribution is 2.06. The number of nitrogens with zero attached hydrogens (tertiary/aromatic N) is 3. The normalized spacial score (nSPS) is 12.5. The standard InChI is InChI=1S/C10H18N4O/c1-4-8(3)6-14(5-2)10(15)9-11-7-12-13-9/h7-8H,4-6H2,1-3H3,(H,11,12,13). The Labute approximate surface area is 89.9 Å². The molecule has 0 fully saturated rings. The van der Waals surface area contributed by atoms with Gasteiger partial charge in [0.15, 0.2) is 0 Å². The van der Waals surface area contributed by atoms with Gasteiger partial charge in [0, 0.05) is 13.1 Å².